The number of aromatic nitrogens is 1. The zero-order valence-corrected chi connectivity index (χ0v) is 17.1. The van der Waals surface area contributed by atoms with E-state index in [2.05, 4.69) is 10.0 Å². The third-order valence-electron chi connectivity index (χ3n) is 4.97. The number of rotatable bonds is 5. The van der Waals surface area contributed by atoms with E-state index in [1.165, 1.54) is 4.57 Å². The van der Waals surface area contributed by atoms with E-state index < -0.39 is 21.0 Å². The van der Waals surface area contributed by atoms with E-state index in [0.29, 0.717) is 49.3 Å². The molecule has 0 spiro atoms. The number of fused-ring (bicyclic) bond motifs is 1. The zero-order chi connectivity index (χ0) is 20.5. The maximum atomic E-state index is 12.5. The predicted octanol–water partition coefficient (Wildman–Crippen LogP) is 1.94. The lowest BCUT2D eigenvalue weighted by Gasteiger charge is -2.32. The number of piperidine rings is 1. The average molecular weight is 410 g/mol. The van der Waals surface area contributed by atoms with Gasteiger partial charge in [0.2, 0.25) is 10.0 Å². The van der Waals surface area contributed by atoms with Crippen molar-refractivity contribution in [2.45, 2.75) is 51.4 Å². The molecule has 2 heterocycles. The third-order valence-corrected chi connectivity index (χ3v) is 6.87. The van der Waals surface area contributed by atoms with Crippen LogP contribution < -0.4 is 15.8 Å². The van der Waals surface area contributed by atoms with Crippen LogP contribution in [0.4, 0.5) is 10.5 Å². The largest absolute Gasteiger partial charge is 0.419 e. The minimum Gasteiger partial charge on any atom is -0.408 e. The second-order valence-electron chi connectivity index (χ2n) is 7.20. The highest BCUT2D eigenvalue weighted by molar-refractivity contribution is 7.90. The van der Waals surface area contributed by atoms with Crippen molar-refractivity contribution in [1.29, 1.82) is 0 Å². The summed E-state index contributed by atoms with van der Waals surface area (Å²) in [5, 5.41) is 2.33. The number of benzene rings is 1. The van der Waals surface area contributed by atoms with E-state index in [0.717, 1.165) is 0 Å². The van der Waals surface area contributed by atoms with Gasteiger partial charge in [-0.1, -0.05) is 0 Å². The van der Waals surface area contributed by atoms with Gasteiger partial charge < -0.3 is 14.6 Å². The van der Waals surface area contributed by atoms with Gasteiger partial charge >= 0.3 is 11.8 Å². The minimum absolute atomic E-state index is 0.157. The third kappa shape index (κ3) is 4.22. The number of anilines is 1. The first kappa shape index (κ1) is 20.4. The van der Waals surface area contributed by atoms with E-state index in [9.17, 15) is 18.0 Å². The molecule has 0 saturated carbocycles. The van der Waals surface area contributed by atoms with Gasteiger partial charge in [0.1, 0.15) is 0 Å². The standard InChI is InChI=1S/C18H26N4O5S/c1-4-22-15-6-5-14(11-16(15)27-18(22)24)19-17(23)21-9-7-13(8-10-21)20-28(25,26)12(2)3/h5-6,11-13,20H,4,7-10H2,1-3H3,(H,19,23). The lowest BCUT2D eigenvalue weighted by Crippen LogP contribution is -2.48. The summed E-state index contributed by atoms with van der Waals surface area (Å²) in [6.45, 7) is 6.56. The van der Waals surface area contributed by atoms with Gasteiger partial charge in [0.15, 0.2) is 5.58 Å². The van der Waals surface area contributed by atoms with Crippen molar-refractivity contribution in [2.75, 3.05) is 18.4 Å². The first-order valence-electron chi connectivity index (χ1n) is 9.41. The number of carbonyl (C=O) groups excluding carboxylic acids is 1. The molecule has 1 aliphatic rings. The second kappa shape index (κ2) is 7.96. The molecular formula is C18H26N4O5S. The molecule has 1 fully saturated rings. The molecule has 1 aromatic carbocycles. The fraction of sp³-hybridized carbons (Fsp3) is 0.556. The van der Waals surface area contributed by atoms with Gasteiger partial charge in [-0.25, -0.2) is 22.7 Å². The summed E-state index contributed by atoms with van der Waals surface area (Å²) in [5.74, 6) is -0.424. The molecule has 1 saturated heterocycles. The predicted molar refractivity (Wildman–Crippen MR) is 107 cm³/mol. The van der Waals surface area contributed by atoms with Crippen LogP contribution in [0.1, 0.15) is 33.6 Å². The topological polar surface area (TPSA) is 114 Å². The maximum Gasteiger partial charge on any atom is 0.419 e. The molecule has 2 amide bonds. The minimum atomic E-state index is -3.32. The molecule has 9 nitrogen and oxygen atoms in total. The molecule has 2 N–H and O–H groups in total. The molecule has 154 valence electrons. The van der Waals surface area contributed by atoms with Gasteiger partial charge in [-0.3, -0.25) is 4.57 Å². The van der Waals surface area contributed by atoms with Gasteiger partial charge in [0.25, 0.3) is 0 Å². The lowest BCUT2D eigenvalue weighted by atomic mass is 10.1. The Kier molecular flexibility index (Phi) is 5.80. The van der Waals surface area contributed by atoms with E-state index in [-0.39, 0.29) is 12.1 Å². The number of carbonyl (C=O) groups is 1. The summed E-state index contributed by atoms with van der Waals surface area (Å²) in [6, 6.07) is 4.68. The van der Waals surface area contributed by atoms with Gasteiger partial charge in [0, 0.05) is 37.4 Å². The van der Waals surface area contributed by atoms with Crippen molar-refractivity contribution >= 4 is 32.8 Å². The second-order valence-corrected chi connectivity index (χ2v) is 9.47. The van der Waals surface area contributed by atoms with E-state index >= 15 is 0 Å². The smallest absolute Gasteiger partial charge is 0.408 e. The molecule has 1 aliphatic heterocycles. The number of urea groups is 1. The fourth-order valence-electron chi connectivity index (χ4n) is 3.21. The summed E-state index contributed by atoms with van der Waals surface area (Å²) < 4.78 is 33.4. The monoisotopic (exact) mass is 410 g/mol. The number of oxazole rings is 1. The summed E-state index contributed by atoms with van der Waals surface area (Å²) in [6.07, 6.45) is 1.12. The number of likely N-dealkylation sites (tertiary alicyclic amines) is 1. The molecule has 0 unspecified atom stereocenters. The highest BCUT2D eigenvalue weighted by atomic mass is 32.2. The van der Waals surface area contributed by atoms with Gasteiger partial charge in [-0.15, -0.1) is 0 Å². The summed E-state index contributed by atoms with van der Waals surface area (Å²) in [7, 11) is -3.32. The SMILES string of the molecule is CCn1c(=O)oc2cc(NC(=O)N3CCC(NS(=O)(=O)C(C)C)CC3)ccc21. The van der Waals surface area contributed by atoms with E-state index in [4.69, 9.17) is 4.42 Å². The van der Waals surface area contributed by atoms with Crippen molar-refractivity contribution in [3.8, 4) is 0 Å². The van der Waals surface area contributed by atoms with Crippen LogP contribution in [0.3, 0.4) is 0 Å². The van der Waals surface area contributed by atoms with Crippen LogP contribution in [0.2, 0.25) is 0 Å². The van der Waals surface area contributed by atoms with Crippen LogP contribution in [0.5, 0.6) is 0 Å². The first-order chi connectivity index (χ1) is 13.2. The van der Waals surface area contributed by atoms with Crippen molar-refractivity contribution in [3.05, 3.63) is 28.7 Å². The van der Waals surface area contributed by atoms with Crippen molar-refractivity contribution in [3.63, 3.8) is 0 Å². The van der Waals surface area contributed by atoms with Crippen molar-refractivity contribution in [2.24, 2.45) is 0 Å². The number of hydrogen-bond acceptors (Lipinski definition) is 5. The average Bonchev–Trinajstić information content (AvgIpc) is 2.96. The number of sulfonamides is 1. The summed E-state index contributed by atoms with van der Waals surface area (Å²) in [4.78, 5) is 25.9. The van der Waals surface area contributed by atoms with Crippen molar-refractivity contribution < 1.29 is 17.6 Å². The molecule has 0 aliphatic carbocycles. The molecular weight excluding hydrogens is 384 g/mol. The van der Waals surface area contributed by atoms with Crippen LogP contribution in [0, 0.1) is 0 Å². The van der Waals surface area contributed by atoms with Gasteiger partial charge in [-0.05, 0) is 45.7 Å². The highest BCUT2D eigenvalue weighted by Gasteiger charge is 2.27. The molecule has 2 aromatic rings. The zero-order valence-electron chi connectivity index (χ0n) is 16.3. The highest BCUT2D eigenvalue weighted by Crippen LogP contribution is 2.20. The number of nitrogens with zero attached hydrogens (tertiary/aromatic N) is 2. The van der Waals surface area contributed by atoms with Crippen LogP contribution in [-0.2, 0) is 16.6 Å². The van der Waals surface area contributed by atoms with Gasteiger partial charge in [-0.2, -0.15) is 0 Å². The molecule has 0 radical (unpaired) electrons. The van der Waals surface area contributed by atoms with Crippen LogP contribution in [0.25, 0.3) is 11.1 Å². The van der Waals surface area contributed by atoms with Crippen LogP contribution in [-0.4, -0.2) is 48.3 Å². The molecule has 1 aromatic heterocycles. The molecule has 28 heavy (non-hydrogen) atoms. The normalized spacial score (nSPS) is 16.1. The Morgan fingerprint density at radius 2 is 1.96 bits per heavy atom. The lowest BCUT2D eigenvalue weighted by molar-refractivity contribution is 0.193. The van der Waals surface area contributed by atoms with Crippen molar-refractivity contribution in [1.82, 2.24) is 14.2 Å². The summed E-state index contributed by atoms with van der Waals surface area (Å²) in [5.41, 5.74) is 1.65. The summed E-state index contributed by atoms with van der Waals surface area (Å²) >= 11 is 0. The van der Waals surface area contributed by atoms with E-state index in [1.807, 2.05) is 6.92 Å². The van der Waals surface area contributed by atoms with Crippen LogP contribution in [0.15, 0.2) is 27.4 Å². The maximum absolute atomic E-state index is 12.5. The Labute approximate surface area is 163 Å². The first-order valence-corrected chi connectivity index (χ1v) is 11.0. The van der Waals surface area contributed by atoms with Gasteiger partial charge in [0.05, 0.1) is 10.8 Å². The number of amides is 2. The quantitative estimate of drug-likeness (QED) is 0.782. The number of nitrogens with one attached hydrogen (secondary N) is 2. The fourth-order valence-corrected chi connectivity index (χ4v) is 4.19. The van der Waals surface area contributed by atoms with E-state index in [1.54, 1.807) is 36.9 Å². The Balaban J connectivity index is 1.60. The molecule has 3 rings (SSSR count). The number of aryl methyl sites for hydroxylation is 1. The van der Waals surface area contributed by atoms with Crippen LogP contribution >= 0.6 is 0 Å². The number of hydrogen-bond donors (Lipinski definition) is 2. The Hall–Kier alpha value is -2.33. The Bertz CT molecular complexity index is 1020. The Morgan fingerprint density at radius 1 is 1.29 bits per heavy atom. The molecule has 10 heteroatoms. The molecule has 0 bridgehead atoms. The molecule has 0 atom stereocenters. The Morgan fingerprint density at radius 3 is 2.57 bits per heavy atom.